The maximum absolute atomic E-state index is 10.7. The summed E-state index contributed by atoms with van der Waals surface area (Å²) in [7, 11) is -6.09. The topological polar surface area (TPSA) is 61.1 Å². The molecule has 0 bridgehead atoms. The molecule has 0 N–H and O–H groups in total. The molecule has 122 valence electrons. The first-order valence-electron chi connectivity index (χ1n) is 6.63. The van der Waals surface area contributed by atoms with Gasteiger partial charge >= 0.3 is 5.51 Å². The molecule has 0 aromatic carbocycles. The van der Waals surface area contributed by atoms with Crippen LogP contribution < -0.4 is 4.57 Å². The predicted octanol–water partition coefficient (Wildman–Crippen LogP) is 2.78. The SMILES string of the molecule is CCCC[n+]1ccccc1CCC.O=S(=O)([O-])C(F)(F)F. The number of hydrogen-bond donors (Lipinski definition) is 0. The fraction of sp³-hybridized carbons (Fsp3) is 0.615. The lowest BCUT2D eigenvalue weighted by atomic mass is 10.2. The molecule has 0 aliphatic carbocycles. The maximum Gasteiger partial charge on any atom is 0.485 e. The molecule has 0 spiro atoms. The summed E-state index contributed by atoms with van der Waals surface area (Å²) >= 11 is 0. The number of alkyl halides is 3. The average Bonchev–Trinajstić information content (AvgIpc) is 2.36. The van der Waals surface area contributed by atoms with E-state index in [9.17, 15) is 13.2 Å². The number of rotatable bonds is 5. The molecule has 0 unspecified atom stereocenters. The van der Waals surface area contributed by atoms with Crippen LogP contribution in [0.4, 0.5) is 13.2 Å². The van der Waals surface area contributed by atoms with Gasteiger partial charge in [0.15, 0.2) is 22.0 Å². The minimum absolute atomic E-state index is 1.17. The minimum Gasteiger partial charge on any atom is -0.741 e. The van der Waals surface area contributed by atoms with E-state index < -0.39 is 15.6 Å². The highest BCUT2D eigenvalue weighted by molar-refractivity contribution is 7.86. The van der Waals surface area contributed by atoms with Crippen molar-refractivity contribution in [1.82, 2.24) is 0 Å². The van der Waals surface area contributed by atoms with Crippen LogP contribution in [0.25, 0.3) is 0 Å². The van der Waals surface area contributed by atoms with Crippen molar-refractivity contribution in [2.24, 2.45) is 0 Å². The van der Waals surface area contributed by atoms with Crippen molar-refractivity contribution >= 4 is 10.1 Å². The van der Waals surface area contributed by atoms with Crippen LogP contribution in [0.5, 0.6) is 0 Å². The number of aryl methyl sites for hydroxylation is 2. The van der Waals surface area contributed by atoms with E-state index in [0.29, 0.717) is 0 Å². The van der Waals surface area contributed by atoms with E-state index in [1.54, 1.807) is 0 Å². The van der Waals surface area contributed by atoms with Crippen LogP contribution in [0.2, 0.25) is 0 Å². The summed E-state index contributed by atoms with van der Waals surface area (Å²) in [4.78, 5) is 0. The van der Waals surface area contributed by atoms with Crippen molar-refractivity contribution in [1.29, 1.82) is 0 Å². The summed E-state index contributed by atoms with van der Waals surface area (Å²) in [6, 6.07) is 6.49. The third kappa shape index (κ3) is 8.01. The van der Waals surface area contributed by atoms with Gasteiger partial charge in [0.1, 0.15) is 6.54 Å². The molecule has 8 heteroatoms. The number of aromatic nitrogens is 1. The quantitative estimate of drug-likeness (QED) is 0.475. The zero-order valence-electron chi connectivity index (χ0n) is 12.1. The van der Waals surface area contributed by atoms with Gasteiger partial charge in [-0.25, -0.2) is 13.0 Å². The van der Waals surface area contributed by atoms with Crippen molar-refractivity contribution in [3.8, 4) is 0 Å². The molecule has 0 saturated heterocycles. The molecule has 4 nitrogen and oxygen atoms in total. The largest absolute Gasteiger partial charge is 0.741 e. The van der Waals surface area contributed by atoms with Gasteiger partial charge in [0, 0.05) is 25.0 Å². The number of unbranched alkanes of at least 4 members (excludes halogenated alkanes) is 1. The van der Waals surface area contributed by atoms with Gasteiger partial charge in [-0.15, -0.1) is 0 Å². The van der Waals surface area contributed by atoms with Crippen molar-refractivity contribution in [3.63, 3.8) is 0 Å². The first kappa shape index (κ1) is 19.9. The highest BCUT2D eigenvalue weighted by Crippen LogP contribution is 2.20. The van der Waals surface area contributed by atoms with Gasteiger partial charge in [-0.3, -0.25) is 0 Å². The molecule has 0 saturated carbocycles. The standard InChI is InChI=1S/C12H20N.CHF3O3S/c1-3-5-10-13-11-7-6-9-12(13)8-4-2;2-1(3,4)8(5,6)7/h6-7,9,11H,3-5,8,10H2,1-2H3;(H,5,6,7)/q+1;/p-1. The Hall–Kier alpha value is -1.15. The van der Waals surface area contributed by atoms with Crippen LogP contribution >= 0.6 is 0 Å². The smallest absolute Gasteiger partial charge is 0.485 e. The van der Waals surface area contributed by atoms with Crippen LogP contribution in [0.15, 0.2) is 24.4 Å². The zero-order valence-corrected chi connectivity index (χ0v) is 12.9. The van der Waals surface area contributed by atoms with Gasteiger partial charge in [0.2, 0.25) is 0 Å². The molecule has 0 amide bonds. The summed E-state index contributed by atoms with van der Waals surface area (Å²) in [6.07, 6.45) is 7.18. The fourth-order valence-corrected chi connectivity index (χ4v) is 1.54. The van der Waals surface area contributed by atoms with E-state index in [1.807, 2.05) is 0 Å². The first-order valence-corrected chi connectivity index (χ1v) is 8.03. The molecular weight excluding hydrogens is 307 g/mol. The number of hydrogen-bond acceptors (Lipinski definition) is 3. The Morgan fingerprint density at radius 3 is 2.19 bits per heavy atom. The van der Waals surface area contributed by atoms with E-state index >= 15 is 0 Å². The van der Waals surface area contributed by atoms with Crippen molar-refractivity contribution in [2.45, 2.75) is 51.6 Å². The molecule has 0 fully saturated rings. The first-order chi connectivity index (χ1) is 9.63. The molecule has 1 aromatic rings. The molecule has 1 rings (SSSR count). The molecule has 1 aromatic heterocycles. The lowest BCUT2D eigenvalue weighted by Crippen LogP contribution is -2.37. The van der Waals surface area contributed by atoms with Crippen LogP contribution in [-0.2, 0) is 23.1 Å². The van der Waals surface area contributed by atoms with Gasteiger partial charge in [-0.05, 0) is 6.42 Å². The summed E-state index contributed by atoms with van der Waals surface area (Å²) < 4.78 is 61.3. The second-order valence-corrected chi connectivity index (χ2v) is 5.76. The van der Waals surface area contributed by atoms with Crippen molar-refractivity contribution < 1.29 is 30.7 Å². The minimum atomic E-state index is -6.09. The average molecular weight is 327 g/mol. The Bertz CT molecular complexity index is 516. The lowest BCUT2D eigenvalue weighted by molar-refractivity contribution is -0.704. The summed E-state index contributed by atoms with van der Waals surface area (Å²) in [5.41, 5.74) is -4.18. The van der Waals surface area contributed by atoms with Crippen LogP contribution in [0.3, 0.4) is 0 Å². The Morgan fingerprint density at radius 1 is 1.19 bits per heavy atom. The maximum atomic E-state index is 10.7. The van der Waals surface area contributed by atoms with E-state index in [-0.39, 0.29) is 0 Å². The number of halogens is 3. The highest BCUT2D eigenvalue weighted by Gasteiger charge is 2.36. The van der Waals surface area contributed by atoms with Crippen LogP contribution in [-0.4, -0.2) is 18.5 Å². The van der Waals surface area contributed by atoms with Gasteiger partial charge in [-0.2, -0.15) is 13.2 Å². The van der Waals surface area contributed by atoms with Gasteiger partial charge in [-0.1, -0.05) is 26.3 Å². The Kier molecular flexibility index (Phi) is 8.50. The Labute approximate surface area is 123 Å². The van der Waals surface area contributed by atoms with Crippen molar-refractivity contribution in [2.75, 3.05) is 0 Å². The van der Waals surface area contributed by atoms with E-state index in [2.05, 4.69) is 42.8 Å². The fourth-order valence-electron chi connectivity index (χ4n) is 1.54. The molecule has 1 heterocycles. The predicted molar refractivity (Wildman–Crippen MR) is 71.3 cm³/mol. The third-order valence-corrected chi connectivity index (χ3v) is 3.14. The van der Waals surface area contributed by atoms with E-state index in [0.717, 1.165) is 0 Å². The van der Waals surface area contributed by atoms with Gasteiger partial charge in [0.25, 0.3) is 0 Å². The molecule has 0 aliphatic heterocycles. The highest BCUT2D eigenvalue weighted by atomic mass is 32.2. The van der Waals surface area contributed by atoms with E-state index in [4.69, 9.17) is 13.0 Å². The summed E-state index contributed by atoms with van der Waals surface area (Å²) in [6.45, 7) is 5.65. The van der Waals surface area contributed by atoms with Crippen molar-refractivity contribution in [3.05, 3.63) is 30.1 Å². The monoisotopic (exact) mass is 327 g/mol. The normalized spacial score (nSPS) is 11.7. The third-order valence-electron chi connectivity index (χ3n) is 2.58. The summed E-state index contributed by atoms with van der Waals surface area (Å²) in [5, 5.41) is 0. The number of nitrogens with zero attached hydrogens (tertiary/aromatic N) is 1. The number of pyridine rings is 1. The zero-order chi connectivity index (χ0) is 16.5. The van der Waals surface area contributed by atoms with Crippen LogP contribution in [0, 0.1) is 0 Å². The Morgan fingerprint density at radius 2 is 1.76 bits per heavy atom. The second-order valence-electron chi connectivity index (χ2n) is 4.39. The summed E-state index contributed by atoms with van der Waals surface area (Å²) in [5.74, 6) is 0. The molecule has 0 atom stereocenters. The Balaban J connectivity index is 0.000000433. The lowest BCUT2D eigenvalue weighted by Gasteiger charge is -2.08. The second kappa shape index (κ2) is 8.99. The van der Waals surface area contributed by atoms with Gasteiger partial charge in [0.05, 0.1) is 0 Å². The molecule has 0 radical (unpaired) electrons. The molecule has 0 aliphatic rings. The molecular formula is C13H20F3NO3S. The van der Waals surface area contributed by atoms with Crippen LogP contribution in [0.1, 0.15) is 38.8 Å². The van der Waals surface area contributed by atoms with E-state index in [1.165, 1.54) is 37.9 Å². The van der Waals surface area contributed by atoms with Gasteiger partial charge < -0.3 is 4.55 Å². The molecule has 21 heavy (non-hydrogen) atoms.